The number of hydrogen-bond donors (Lipinski definition) is 3. The third-order valence-corrected chi connectivity index (χ3v) is 5.53. The molecule has 2 bridgehead atoms. The van der Waals surface area contributed by atoms with Gasteiger partial charge >= 0.3 is 0 Å². The highest BCUT2D eigenvalue weighted by Gasteiger charge is 2.48. The Balaban J connectivity index is 1.61. The zero-order valence-corrected chi connectivity index (χ0v) is 15.7. The van der Waals surface area contributed by atoms with Crippen LogP contribution >= 0.6 is 0 Å². The second kappa shape index (κ2) is 6.66. The molecule has 2 aliphatic carbocycles. The molecule has 2 aromatic rings. The van der Waals surface area contributed by atoms with Gasteiger partial charge in [0.25, 0.3) is 5.91 Å². The second-order valence-electron chi connectivity index (χ2n) is 7.50. The van der Waals surface area contributed by atoms with Gasteiger partial charge in [-0.15, -0.1) is 5.10 Å². The fourth-order valence-corrected chi connectivity index (χ4v) is 4.14. The van der Waals surface area contributed by atoms with Crippen LogP contribution in [0, 0.1) is 17.8 Å². The molecule has 1 aromatic carbocycles. The van der Waals surface area contributed by atoms with Gasteiger partial charge in [-0.25, -0.2) is 0 Å². The quantitative estimate of drug-likeness (QED) is 0.650. The van der Waals surface area contributed by atoms with Crippen LogP contribution in [-0.2, 0) is 4.79 Å². The average Bonchev–Trinajstić information content (AvgIpc) is 3.36. The summed E-state index contributed by atoms with van der Waals surface area (Å²) in [7, 11) is 3.85. The van der Waals surface area contributed by atoms with Gasteiger partial charge in [-0.05, 0) is 42.5 Å². The number of amides is 1. The lowest BCUT2D eigenvalue weighted by molar-refractivity contribution is -0.122. The number of anilines is 3. The smallest absolute Gasteiger partial charge is 0.281 e. The number of nitrogens with one attached hydrogen (secondary N) is 1. The van der Waals surface area contributed by atoms with E-state index < -0.39 is 0 Å². The van der Waals surface area contributed by atoms with E-state index in [1.165, 1.54) is 0 Å². The Labute approximate surface area is 162 Å². The molecule has 5 N–H and O–H groups in total. The van der Waals surface area contributed by atoms with Crippen LogP contribution in [0.1, 0.15) is 16.8 Å². The molecule has 0 spiro atoms. The highest BCUT2D eigenvalue weighted by atomic mass is 16.2. The zero-order chi connectivity index (χ0) is 20.0. The molecule has 9 heteroatoms. The minimum Gasteiger partial charge on any atom is -0.378 e. The Bertz CT molecular complexity index is 948. The number of fused-ring (bicyclic) bond motifs is 2. The van der Waals surface area contributed by atoms with Gasteiger partial charge in [0.1, 0.15) is 0 Å². The van der Waals surface area contributed by atoms with E-state index in [2.05, 4.69) is 21.5 Å². The first-order valence-electron chi connectivity index (χ1n) is 9.14. The largest absolute Gasteiger partial charge is 0.378 e. The van der Waals surface area contributed by atoms with Crippen molar-refractivity contribution in [1.82, 2.24) is 14.8 Å². The van der Waals surface area contributed by atoms with Crippen molar-refractivity contribution in [2.24, 2.45) is 23.5 Å². The molecule has 146 valence electrons. The third kappa shape index (κ3) is 2.98. The molecule has 0 radical (unpaired) electrons. The summed E-state index contributed by atoms with van der Waals surface area (Å²) in [4.78, 5) is 31.0. The summed E-state index contributed by atoms with van der Waals surface area (Å²) >= 11 is 0. The highest BCUT2D eigenvalue weighted by molar-refractivity contribution is 5.97. The van der Waals surface area contributed by atoms with E-state index in [9.17, 15) is 9.59 Å². The molecule has 1 heterocycles. The van der Waals surface area contributed by atoms with E-state index in [4.69, 9.17) is 11.5 Å². The maximum Gasteiger partial charge on any atom is 0.281 e. The number of nitrogens with zero attached hydrogens (tertiary/aromatic N) is 4. The summed E-state index contributed by atoms with van der Waals surface area (Å²) in [5, 5.41) is 7.25. The predicted molar refractivity (Wildman–Crippen MR) is 106 cm³/mol. The average molecular weight is 381 g/mol. The molecule has 28 heavy (non-hydrogen) atoms. The second-order valence-corrected chi connectivity index (χ2v) is 7.50. The Morgan fingerprint density at radius 1 is 1.18 bits per heavy atom. The number of benzene rings is 1. The van der Waals surface area contributed by atoms with Gasteiger partial charge in [-0.3, -0.25) is 9.59 Å². The summed E-state index contributed by atoms with van der Waals surface area (Å²) in [5.41, 5.74) is 12.8. The Kier molecular flexibility index (Phi) is 4.29. The van der Waals surface area contributed by atoms with Gasteiger partial charge in [0.05, 0.1) is 5.92 Å². The van der Waals surface area contributed by atoms with Crippen LogP contribution in [0.2, 0.25) is 0 Å². The number of allylic oxidation sites excluding steroid dienone is 1. The van der Waals surface area contributed by atoms with Crippen molar-refractivity contribution in [2.45, 2.75) is 12.5 Å². The van der Waals surface area contributed by atoms with Gasteiger partial charge < -0.3 is 21.7 Å². The van der Waals surface area contributed by atoms with Crippen LogP contribution in [0.4, 0.5) is 17.6 Å². The number of carbonyl (C=O) groups excluding carboxylic acids is 2. The van der Waals surface area contributed by atoms with Gasteiger partial charge in [0.15, 0.2) is 0 Å². The Morgan fingerprint density at radius 3 is 2.50 bits per heavy atom. The number of nitrogen functional groups attached to an aromatic ring is 1. The lowest BCUT2D eigenvalue weighted by atomic mass is 9.88. The van der Waals surface area contributed by atoms with Crippen molar-refractivity contribution in [3.8, 4) is 0 Å². The number of hydrogen-bond acceptors (Lipinski definition) is 7. The molecule has 0 aliphatic heterocycles. The monoisotopic (exact) mass is 381 g/mol. The standard InChI is InChI=1S/C19H23N7O2/c1-25(2)13-7-5-10(6-8-13)17(28)26-19(23-18(21)24-26)22-15-12-4-3-11(9-12)14(15)16(20)27/h3-8,11-12,14-15H,9H2,1-2H3,(H2,20,27)(H3,21,22,23,24). The molecule has 1 aromatic heterocycles. The normalized spacial score (nSPS) is 25.1. The van der Waals surface area contributed by atoms with Crippen LogP contribution in [0.5, 0.6) is 0 Å². The molecule has 1 fully saturated rings. The lowest BCUT2D eigenvalue weighted by Crippen LogP contribution is -2.41. The lowest BCUT2D eigenvalue weighted by Gasteiger charge is -2.26. The maximum absolute atomic E-state index is 13.0. The summed E-state index contributed by atoms with van der Waals surface area (Å²) in [6, 6.07) is 6.92. The van der Waals surface area contributed by atoms with Crippen LogP contribution < -0.4 is 21.7 Å². The summed E-state index contributed by atoms with van der Waals surface area (Å²) in [6.45, 7) is 0. The molecule has 4 unspecified atom stereocenters. The van der Waals surface area contributed by atoms with E-state index in [0.29, 0.717) is 5.56 Å². The first-order valence-corrected chi connectivity index (χ1v) is 9.14. The summed E-state index contributed by atoms with van der Waals surface area (Å²) in [6.07, 6.45) is 4.97. The maximum atomic E-state index is 13.0. The topological polar surface area (TPSA) is 132 Å². The van der Waals surface area contributed by atoms with Gasteiger partial charge in [0.2, 0.25) is 17.8 Å². The zero-order valence-electron chi connectivity index (χ0n) is 15.7. The van der Waals surface area contributed by atoms with Gasteiger partial charge in [0, 0.05) is 31.4 Å². The molecule has 0 saturated heterocycles. The van der Waals surface area contributed by atoms with Crippen molar-refractivity contribution in [3.05, 3.63) is 42.0 Å². The number of rotatable bonds is 5. The summed E-state index contributed by atoms with van der Waals surface area (Å²) in [5.74, 6) is -0.598. The van der Waals surface area contributed by atoms with E-state index in [0.717, 1.165) is 16.8 Å². The summed E-state index contributed by atoms with van der Waals surface area (Å²) < 4.78 is 1.15. The number of nitrogens with two attached hydrogens (primary N) is 2. The van der Waals surface area contributed by atoms with Gasteiger partial charge in [-0.1, -0.05) is 12.2 Å². The van der Waals surface area contributed by atoms with Crippen LogP contribution in [-0.4, -0.2) is 46.7 Å². The minimum atomic E-state index is -0.362. The van der Waals surface area contributed by atoms with Crippen LogP contribution in [0.15, 0.2) is 36.4 Å². The first kappa shape index (κ1) is 18.0. The molecule has 1 amide bonds. The molecular weight excluding hydrogens is 358 g/mol. The molecular formula is C19H23N7O2. The van der Waals surface area contributed by atoms with E-state index in [1.54, 1.807) is 12.1 Å². The number of carbonyl (C=O) groups is 2. The van der Waals surface area contributed by atoms with Crippen molar-refractivity contribution in [1.29, 1.82) is 0 Å². The van der Waals surface area contributed by atoms with Crippen LogP contribution in [0.3, 0.4) is 0 Å². The van der Waals surface area contributed by atoms with Crippen molar-refractivity contribution < 1.29 is 9.59 Å². The van der Waals surface area contributed by atoms with Crippen LogP contribution in [0.25, 0.3) is 0 Å². The Hall–Kier alpha value is -3.36. The third-order valence-electron chi connectivity index (χ3n) is 5.53. The predicted octanol–water partition coefficient (Wildman–Crippen LogP) is 0.703. The van der Waals surface area contributed by atoms with Crippen molar-refractivity contribution in [3.63, 3.8) is 0 Å². The molecule has 4 rings (SSSR count). The first-order chi connectivity index (χ1) is 13.3. The molecule has 9 nitrogen and oxygen atoms in total. The van der Waals surface area contributed by atoms with E-state index in [1.807, 2.05) is 37.2 Å². The van der Waals surface area contributed by atoms with Crippen molar-refractivity contribution >= 4 is 29.4 Å². The number of aromatic nitrogens is 3. The molecule has 4 atom stereocenters. The fraction of sp³-hybridized carbons (Fsp3) is 0.368. The minimum absolute atomic E-state index is 0.0184. The molecule has 2 aliphatic rings. The molecule has 1 saturated carbocycles. The highest BCUT2D eigenvalue weighted by Crippen LogP contribution is 2.44. The van der Waals surface area contributed by atoms with Gasteiger partial charge in [-0.2, -0.15) is 9.67 Å². The Morgan fingerprint density at radius 2 is 1.86 bits per heavy atom. The fourth-order valence-electron chi connectivity index (χ4n) is 4.14. The van der Waals surface area contributed by atoms with Crippen molar-refractivity contribution in [2.75, 3.05) is 30.0 Å². The SMILES string of the molecule is CN(C)c1ccc(C(=O)n2nc(N)nc2NC2C3C=CC(C3)C2C(N)=O)cc1. The number of primary amides is 1. The van der Waals surface area contributed by atoms with E-state index in [-0.39, 0.29) is 47.5 Å². The van der Waals surface area contributed by atoms with E-state index >= 15 is 0 Å².